The van der Waals surface area contributed by atoms with Gasteiger partial charge < -0.3 is 5.32 Å². The molecule has 1 aliphatic heterocycles. The molecule has 116 valence electrons. The van der Waals surface area contributed by atoms with Gasteiger partial charge in [0.1, 0.15) is 0 Å². The standard InChI is InChI=1S/C19H30N2/c1-15(21-11-4-3-5-12-21)14-20-16(2)18-10-9-17-7-6-8-19(17)13-18/h9-10,13,15-16,20H,3-8,11-12,14H2,1-2H3. The molecule has 2 unspecified atom stereocenters. The van der Waals surface area contributed by atoms with Gasteiger partial charge in [-0.05, 0) is 75.7 Å². The highest BCUT2D eigenvalue weighted by Crippen LogP contribution is 2.25. The number of nitrogens with one attached hydrogen (secondary N) is 1. The molecule has 0 amide bonds. The van der Waals surface area contributed by atoms with Crippen LogP contribution >= 0.6 is 0 Å². The maximum Gasteiger partial charge on any atom is 0.0292 e. The molecular weight excluding hydrogens is 256 g/mol. The normalized spacial score (nSPS) is 22.0. The molecule has 0 spiro atoms. The summed E-state index contributed by atoms with van der Waals surface area (Å²) >= 11 is 0. The monoisotopic (exact) mass is 286 g/mol. The smallest absolute Gasteiger partial charge is 0.0292 e. The third-order valence-corrected chi connectivity index (χ3v) is 5.36. The van der Waals surface area contributed by atoms with Crippen molar-refractivity contribution in [3.8, 4) is 0 Å². The molecule has 3 rings (SSSR count). The molecule has 2 aliphatic rings. The van der Waals surface area contributed by atoms with Gasteiger partial charge in [-0.2, -0.15) is 0 Å². The van der Waals surface area contributed by atoms with E-state index >= 15 is 0 Å². The summed E-state index contributed by atoms with van der Waals surface area (Å²) in [6, 6.07) is 8.23. The van der Waals surface area contributed by atoms with E-state index in [1.807, 2.05) is 0 Å². The summed E-state index contributed by atoms with van der Waals surface area (Å²) in [5, 5.41) is 3.75. The summed E-state index contributed by atoms with van der Waals surface area (Å²) in [6.07, 6.45) is 8.08. The van der Waals surface area contributed by atoms with Crippen LogP contribution in [0.15, 0.2) is 18.2 Å². The number of benzene rings is 1. The third-order valence-electron chi connectivity index (χ3n) is 5.36. The molecule has 1 N–H and O–H groups in total. The summed E-state index contributed by atoms with van der Waals surface area (Å²) in [5.74, 6) is 0. The SMILES string of the molecule is CC(NCC(C)N1CCCCC1)c1ccc2c(c1)CCC2. The Bertz CT molecular complexity index is 463. The van der Waals surface area contributed by atoms with Crippen molar-refractivity contribution < 1.29 is 0 Å². The highest BCUT2D eigenvalue weighted by molar-refractivity contribution is 5.36. The number of piperidine rings is 1. The van der Waals surface area contributed by atoms with Crippen LogP contribution in [0.2, 0.25) is 0 Å². The second kappa shape index (κ2) is 6.93. The van der Waals surface area contributed by atoms with Gasteiger partial charge in [-0.25, -0.2) is 0 Å². The summed E-state index contributed by atoms with van der Waals surface area (Å²) in [6.45, 7) is 8.34. The van der Waals surface area contributed by atoms with Crippen molar-refractivity contribution in [1.82, 2.24) is 10.2 Å². The van der Waals surface area contributed by atoms with E-state index in [4.69, 9.17) is 0 Å². The molecule has 21 heavy (non-hydrogen) atoms. The van der Waals surface area contributed by atoms with Gasteiger partial charge in [0.25, 0.3) is 0 Å². The van der Waals surface area contributed by atoms with E-state index in [1.165, 1.54) is 57.2 Å². The second-order valence-corrected chi connectivity index (χ2v) is 6.96. The molecule has 1 fully saturated rings. The number of nitrogens with zero attached hydrogens (tertiary/aromatic N) is 1. The first-order valence-electron chi connectivity index (χ1n) is 8.83. The number of likely N-dealkylation sites (tertiary alicyclic amines) is 1. The summed E-state index contributed by atoms with van der Waals surface area (Å²) < 4.78 is 0. The van der Waals surface area contributed by atoms with E-state index < -0.39 is 0 Å². The first-order chi connectivity index (χ1) is 10.2. The highest BCUT2D eigenvalue weighted by Gasteiger charge is 2.18. The average molecular weight is 286 g/mol. The van der Waals surface area contributed by atoms with Gasteiger partial charge >= 0.3 is 0 Å². The van der Waals surface area contributed by atoms with Gasteiger partial charge in [0.15, 0.2) is 0 Å². The highest BCUT2D eigenvalue weighted by atomic mass is 15.2. The van der Waals surface area contributed by atoms with Crippen LogP contribution in [0.4, 0.5) is 0 Å². The lowest BCUT2D eigenvalue weighted by Gasteiger charge is -2.33. The number of aryl methyl sites for hydroxylation is 2. The van der Waals surface area contributed by atoms with Crippen molar-refractivity contribution in [1.29, 1.82) is 0 Å². The van der Waals surface area contributed by atoms with Gasteiger partial charge in [-0.3, -0.25) is 4.90 Å². The van der Waals surface area contributed by atoms with Gasteiger partial charge in [0.05, 0.1) is 0 Å². The third kappa shape index (κ3) is 3.67. The Hall–Kier alpha value is -0.860. The Morgan fingerprint density at radius 3 is 2.57 bits per heavy atom. The van der Waals surface area contributed by atoms with Crippen LogP contribution in [0.25, 0.3) is 0 Å². The Morgan fingerprint density at radius 2 is 1.76 bits per heavy atom. The van der Waals surface area contributed by atoms with E-state index in [0.29, 0.717) is 12.1 Å². The van der Waals surface area contributed by atoms with Crippen molar-refractivity contribution >= 4 is 0 Å². The molecule has 0 bridgehead atoms. The summed E-state index contributed by atoms with van der Waals surface area (Å²) in [5.41, 5.74) is 4.62. The fourth-order valence-corrected chi connectivity index (χ4v) is 3.81. The zero-order chi connectivity index (χ0) is 14.7. The molecule has 2 nitrogen and oxygen atoms in total. The largest absolute Gasteiger partial charge is 0.309 e. The van der Waals surface area contributed by atoms with E-state index in [-0.39, 0.29) is 0 Å². The number of rotatable bonds is 5. The maximum absolute atomic E-state index is 3.75. The van der Waals surface area contributed by atoms with Gasteiger partial charge in [0, 0.05) is 18.6 Å². The number of hydrogen-bond donors (Lipinski definition) is 1. The van der Waals surface area contributed by atoms with Gasteiger partial charge in [-0.15, -0.1) is 0 Å². The lowest BCUT2D eigenvalue weighted by atomic mass is 10.0. The van der Waals surface area contributed by atoms with Crippen LogP contribution in [-0.2, 0) is 12.8 Å². The van der Waals surface area contributed by atoms with E-state index in [2.05, 4.69) is 42.3 Å². The maximum atomic E-state index is 3.75. The second-order valence-electron chi connectivity index (χ2n) is 6.96. The zero-order valence-electron chi connectivity index (χ0n) is 13.7. The lowest BCUT2D eigenvalue weighted by molar-refractivity contribution is 0.168. The predicted molar refractivity (Wildman–Crippen MR) is 89.8 cm³/mol. The molecule has 1 heterocycles. The Balaban J connectivity index is 1.52. The molecule has 0 aromatic heterocycles. The van der Waals surface area contributed by atoms with Crippen molar-refractivity contribution in [3.63, 3.8) is 0 Å². The Morgan fingerprint density at radius 1 is 1.00 bits per heavy atom. The Labute approximate surface area is 129 Å². The van der Waals surface area contributed by atoms with Crippen LogP contribution in [0.1, 0.15) is 62.3 Å². The minimum absolute atomic E-state index is 0.461. The van der Waals surface area contributed by atoms with Crippen LogP contribution in [-0.4, -0.2) is 30.6 Å². The van der Waals surface area contributed by atoms with E-state index in [9.17, 15) is 0 Å². The molecule has 2 atom stereocenters. The fraction of sp³-hybridized carbons (Fsp3) is 0.684. The average Bonchev–Trinajstić information content (AvgIpc) is 3.00. The van der Waals surface area contributed by atoms with Crippen LogP contribution in [0.5, 0.6) is 0 Å². The summed E-state index contributed by atoms with van der Waals surface area (Å²) in [7, 11) is 0. The van der Waals surface area contributed by atoms with Crippen LogP contribution in [0, 0.1) is 0 Å². The lowest BCUT2D eigenvalue weighted by Crippen LogP contribution is -2.43. The van der Waals surface area contributed by atoms with E-state index in [0.717, 1.165) is 6.54 Å². The quantitative estimate of drug-likeness (QED) is 0.888. The van der Waals surface area contributed by atoms with Crippen LogP contribution in [0.3, 0.4) is 0 Å². The fourth-order valence-electron chi connectivity index (χ4n) is 3.81. The number of fused-ring (bicyclic) bond motifs is 1. The van der Waals surface area contributed by atoms with Crippen molar-refractivity contribution in [3.05, 3.63) is 34.9 Å². The van der Waals surface area contributed by atoms with E-state index in [1.54, 1.807) is 11.1 Å². The van der Waals surface area contributed by atoms with Crippen molar-refractivity contribution in [2.75, 3.05) is 19.6 Å². The zero-order valence-corrected chi connectivity index (χ0v) is 13.7. The van der Waals surface area contributed by atoms with Crippen molar-refractivity contribution in [2.45, 2.75) is 64.5 Å². The first kappa shape index (κ1) is 15.1. The molecular formula is C19H30N2. The number of hydrogen-bond acceptors (Lipinski definition) is 2. The van der Waals surface area contributed by atoms with Crippen LogP contribution < -0.4 is 5.32 Å². The first-order valence-corrected chi connectivity index (χ1v) is 8.83. The van der Waals surface area contributed by atoms with Crippen molar-refractivity contribution in [2.24, 2.45) is 0 Å². The molecule has 0 saturated carbocycles. The summed E-state index contributed by atoms with van der Waals surface area (Å²) in [4.78, 5) is 2.64. The van der Waals surface area contributed by atoms with Gasteiger partial charge in [0.2, 0.25) is 0 Å². The predicted octanol–water partition coefficient (Wildman–Crippen LogP) is 3.70. The molecule has 1 saturated heterocycles. The molecule has 1 aliphatic carbocycles. The Kier molecular flexibility index (Phi) is 4.97. The minimum atomic E-state index is 0.461. The molecule has 1 aromatic carbocycles. The molecule has 0 radical (unpaired) electrons. The van der Waals surface area contributed by atoms with Gasteiger partial charge in [-0.1, -0.05) is 24.6 Å². The topological polar surface area (TPSA) is 15.3 Å². The molecule has 2 heteroatoms. The molecule has 1 aromatic rings. The minimum Gasteiger partial charge on any atom is -0.309 e.